The number of rotatable bonds is 3. The third-order valence-electron chi connectivity index (χ3n) is 5.58. The van der Waals surface area contributed by atoms with E-state index in [1.165, 1.54) is 32.2 Å². The average Bonchev–Trinajstić information content (AvgIpc) is 2.95. The largest absolute Gasteiger partial charge is 0.347 e. The van der Waals surface area contributed by atoms with Gasteiger partial charge in [-0.15, -0.1) is 0 Å². The van der Waals surface area contributed by atoms with Crippen molar-refractivity contribution in [2.75, 3.05) is 26.8 Å². The Morgan fingerprint density at radius 3 is 2.70 bits per heavy atom. The monoisotopic (exact) mass is 282 g/mol. The van der Waals surface area contributed by atoms with Crippen LogP contribution in [0.5, 0.6) is 0 Å². The topological polar surface area (TPSA) is 33.7 Å². The van der Waals surface area contributed by atoms with Gasteiger partial charge in [0.2, 0.25) is 0 Å². The van der Waals surface area contributed by atoms with Gasteiger partial charge in [0.05, 0.1) is 13.2 Å². The van der Waals surface area contributed by atoms with Gasteiger partial charge in [0.25, 0.3) is 0 Å². The molecule has 3 rings (SSSR count). The molecule has 0 bridgehead atoms. The highest BCUT2D eigenvalue weighted by Gasteiger charge is 2.47. The van der Waals surface area contributed by atoms with E-state index >= 15 is 0 Å². The molecule has 3 fully saturated rings. The van der Waals surface area contributed by atoms with Gasteiger partial charge < -0.3 is 14.8 Å². The number of hydrogen-bond acceptors (Lipinski definition) is 4. The van der Waals surface area contributed by atoms with Crippen LogP contribution in [0.15, 0.2) is 0 Å². The average molecular weight is 282 g/mol. The summed E-state index contributed by atoms with van der Waals surface area (Å²) < 4.78 is 12.0. The molecule has 20 heavy (non-hydrogen) atoms. The van der Waals surface area contributed by atoms with Crippen molar-refractivity contribution in [3.63, 3.8) is 0 Å². The molecule has 2 aliphatic heterocycles. The molecule has 3 atom stereocenters. The summed E-state index contributed by atoms with van der Waals surface area (Å²) in [5.74, 6) is -0.270. The zero-order valence-corrected chi connectivity index (χ0v) is 13.1. The van der Waals surface area contributed by atoms with Gasteiger partial charge in [-0.1, -0.05) is 13.3 Å². The minimum atomic E-state index is -0.270. The van der Waals surface area contributed by atoms with E-state index < -0.39 is 0 Å². The van der Waals surface area contributed by atoms with E-state index in [-0.39, 0.29) is 5.79 Å². The van der Waals surface area contributed by atoms with E-state index in [1.807, 2.05) is 0 Å². The van der Waals surface area contributed by atoms with Gasteiger partial charge in [0, 0.05) is 31.0 Å². The molecule has 2 saturated heterocycles. The first kappa shape index (κ1) is 14.8. The number of piperidine rings is 1. The van der Waals surface area contributed by atoms with Crippen LogP contribution < -0.4 is 5.32 Å². The number of likely N-dealkylation sites (N-methyl/N-ethyl adjacent to an activating group) is 1. The van der Waals surface area contributed by atoms with Crippen molar-refractivity contribution in [2.45, 2.75) is 75.8 Å². The first-order valence-corrected chi connectivity index (χ1v) is 8.49. The Hall–Kier alpha value is -0.160. The predicted octanol–water partition coefficient (Wildman–Crippen LogP) is 2.13. The number of ether oxygens (including phenoxy) is 2. The molecule has 0 amide bonds. The zero-order valence-electron chi connectivity index (χ0n) is 13.1. The Morgan fingerprint density at radius 2 is 2.00 bits per heavy atom. The maximum absolute atomic E-state index is 5.99. The quantitative estimate of drug-likeness (QED) is 0.860. The molecule has 0 aromatic carbocycles. The van der Waals surface area contributed by atoms with Gasteiger partial charge >= 0.3 is 0 Å². The molecule has 1 N–H and O–H groups in total. The summed E-state index contributed by atoms with van der Waals surface area (Å²) in [7, 11) is 2.11. The molecule has 4 heteroatoms. The van der Waals surface area contributed by atoms with Crippen LogP contribution in [0.25, 0.3) is 0 Å². The van der Waals surface area contributed by atoms with E-state index in [2.05, 4.69) is 24.2 Å². The Balaban J connectivity index is 1.75. The smallest absolute Gasteiger partial charge is 0.170 e. The van der Waals surface area contributed by atoms with Gasteiger partial charge in [-0.05, 0) is 39.3 Å². The molecule has 1 aliphatic carbocycles. The van der Waals surface area contributed by atoms with Crippen molar-refractivity contribution >= 4 is 0 Å². The van der Waals surface area contributed by atoms with E-state index in [0.29, 0.717) is 12.1 Å². The van der Waals surface area contributed by atoms with E-state index in [0.717, 1.165) is 38.5 Å². The molecule has 2 heterocycles. The summed E-state index contributed by atoms with van der Waals surface area (Å²) in [4.78, 5) is 2.76. The molecule has 4 nitrogen and oxygen atoms in total. The zero-order chi connectivity index (χ0) is 14.0. The van der Waals surface area contributed by atoms with Gasteiger partial charge in [-0.25, -0.2) is 0 Å². The standard InChI is InChI=1S/C16H30N2O2/c1-3-13-6-4-5-9-18(13)15-12-16(19-10-11-20-16)8-7-14(15)17-2/h13-15,17H,3-12H2,1-2H3. The maximum atomic E-state index is 5.99. The van der Waals surface area contributed by atoms with Gasteiger partial charge in [0.1, 0.15) is 0 Å². The second-order valence-corrected chi connectivity index (χ2v) is 6.61. The summed E-state index contributed by atoms with van der Waals surface area (Å²) in [6.07, 6.45) is 8.60. The van der Waals surface area contributed by atoms with E-state index in [9.17, 15) is 0 Å². The highest BCUT2D eigenvalue weighted by Crippen LogP contribution is 2.39. The van der Waals surface area contributed by atoms with Crippen molar-refractivity contribution in [3.8, 4) is 0 Å². The molecule has 116 valence electrons. The highest BCUT2D eigenvalue weighted by molar-refractivity contribution is 4.98. The van der Waals surface area contributed by atoms with Gasteiger partial charge in [-0.2, -0.15) is 0 Å². The Labute approximate surface area is 123 Å². The number of nitrogens with zero attached hydrogens (tertiary/aromatic N) is 1. The van der Waals surface area contributed by atoms with Crippen LogP contribution in [0.4, 0.5) is 0 Å². The lowest BCUT2D eigenvalue weighted by molar-refractivity contribution is -0.196. The van der Waals surface area contributed by atoms with Gasteiger partial charge in [-0.3, -0.25) is 4.90 Å². The second-order valence-electron chi connectivity index (χ2n) is 6.61. The van der Waals surface area contributed by atoms with E-state index in [4.69, 9.17) is 9.47 Å². The Morgan fingerprint density at radius 1 is 1.20 bits per heavy atom. The number of nitrogens with one attached hydrogen (secondary N) is 1. The second kappa shape index (κ2) is 6.30. The van der Waals surface area contributed by atoms with Crippen molar-refractivity contribution < 1.29 is 9.47 Å². The van der Waals surface area contributed by atoms with Crippen LogP contribution in [-0.4, -0.2) is 55.6 Å². The summed E-state index contributed by atoms with van der Waals surface area (Å²) in [5.41, 5.74) is 0. The third-order valence-corrected chi connectivity index (χ3v) is 5.58. The predicted molar refractivity (Wildman–Crippen MR) is 79.8 cm³/mol. The normalized spacial score (nSPS) is 38.4. The summed E-state index contributed by atoms with van der Waals surface area (Å²) in [6, 6.07) is 1.90. The molecule has 1 spiro atoms. The molecule has 1 saturated carbocycles. The summed E-state index contributed by atoms with van der Waals surface area (Å²) >= 11 is 0. The number of hydrogen-bond donors (Lipinski definition) is 1. The van der Waals surface area contributed by atoms with Crippen LogP contribution in [0.1, 0.15) is 51.9 Å². The Bertz CT molecular complexity index is 318. The van der Waals surface area contributed by atoms with Crippen LogP contribution in [0, 0.1) is 0 Å². The van der Waals surface area contributed by atoms with Crippen molar-refractivity contribution in [1.29, 1.82) is 0 Å². The van der Waals surface area contributed by atoms with Crippen LogP contribution in [0.2, 0.25) is 0 Å². The lowest BCUT2D eigenvalue weighted by atomic mass is 9.82. The van der Waals surface area contributed by atoms with E-state index in [1.54, 1.807) is 0 Å². The number of likely N-dealkylation sites (tertiary alicyclic amines) is 1. The fraction of sp³-hybridized carbons (Fsp3) is 1.00. The fourth-order valence-electron chi connectivity index (χ4n) is 4.47. The molecule has 3 unspecified atom stereocenters. The first-order chi connectivity index (χ1) is 9.78. The minimum absolute atomic E-state index is 0.270. The molecule has 0 radical (unpaired) electrons. The lowest BCUT2D eigenvalue weighted by Crippen LogP contribution is -2.60. The van der Waals surface area contributed by atoms with Crippen LogP contribution in [-0.2, 0) is 9.47 Å². The van der Waals surface area contributed by atoms with Crippen molar-refractivity contribution in [2.24, 2.45) is 0 Å². The summed E-state index contributed by atoms with van der Waals surface area (Å²) in [5, 5.41) is 3.55. The Kier molecular flexibility index (Phi) is 4.65. The lowest BCUT2D eigenvalue weighted by Gasteiger charge is -2.49. The van der Waals surface area contributed by atoms with Crippen LogP contribution >= 0.6 is 0 Å². The molecular formula is C16H30N2O2. The molecule has 0 aromatic rings. The SMILES string of the molecule is CCC1CCCCN1C1CC2(CCC1NC)OCCO2. The van der Waals surface area contributed by atoms with Crippen molar-refractivity contribution in [3.05, 3.63) is 0 Å². The summed E-state index contributed by atoms with van der Waals surface area (Å²) in [6.45, 7) is 5.12. The fourth-order valence-corrected chi connectivity index (χ4v) is 4.47. The van der Waals surface area contributed by atoms with Gasteiger partial charge in [0.15, 0.2) is 5.79 Å². The molecular weight excluding hydrogens is 252 g/mol. The maximum Gasteiger partial charge on any atom is 0.170 e. The first-order valence-electron chi connectivity index (χ1n) is 8.49. The molecule has 0 aromatic heterocycles. The highest BCUT2D eigenvalue weighted by atomic mass is 16.7. The van der Waals surface area contributed by atoms with Crippen molar-refractivity contribution in [1.82, 2.24) is 10.2 Å². The minimum Gasteiger partial charge on any atom is -0.347 e. The third kappa shape index (κ3) is 2.76. The molecule has 3 aliphatic rings. The van der Waals surface area contributed by atoms with Crippen LogP contribution in [0.3, 0.4) is 0 Å².